The molecule has 0 fully saturated rings. The monoisotopic (exact) mass is 1010 g/mol. The van der Waals surface area contributed by atoms with Gasteiger partial charge in [0.05, 0.1) is 26.1 Å². The number of rotatable bonds is 13. The van der Waals surface area contributed by atoms with Gasteiger partial charge in [0.1, 0.15) is 0 Å². The van der Waals surface area contributed by atoms with Crippen LogP contribution in [0.5, 0.6) is 0 Å². The molecule has 0 saturated carbocycles. The van der Waals surface area contributed by atoms with Crippen LogP contribution in [0.1, 0.15) is 125 Å². The minimum absolute atomic E-state index is 0.0284. The molecule has 72 heavy (non-hydrogen) atoms. The van der Waals surface area contributed by atoms with Gasteiger partial charge in [-0.15, -0.1) is 0 Å². The second-order valence-electron chi connectivity index (χ2n) is 18.5. The molecule has 2 heterocycles. The molecule has 12 nitrogen and oxygen atoms in total. The van der Waals surface area contributed by atoms with E-state index in [1.807, 2.05) is 76.2 Å². The predicted molar refractivity (Wildman–Crippen MR) is 282 cm³/mol. The number of hydrogen-bond acceptors (Lipinski definition) is 8. The van der Waals surface area contributed by atoms with Gasteiger partial charge in [0, 0.05) is 80.0 Å². The van der Waals surface area contributed by atoms with Crippen molar-refractivity contribution in [2.24, 2.45) is 0 Å². The standard InChI is InChI=1S/C58H56Cl2N4O8/c1-35-11-5-7-15-45(35)55(67)61-43-19-21-47(37(3)29-43)57(69)63-27-9-13-39(49-31-41(59)17-23-51(49)63)33-71-53(65)25-26-54(66)72-34-40-14-10-28-64(52-24-18-42(60)32-50(40)52)58(70)48-22-20-44(30-38(48)4)62-56(68)46-16-8-6-12-36(46)2/h5-8,11-12,15-24,29-32,39-40H,9-10,13-14,25-28,33-34H2,1-4H3,(H,61,67)(H,62,68). The van der Waals surface area contributed by atoms with E-state index in [9.17, 15) is 28.8 Å². The molecule has 2 aliphatic rings. The number of carbonyl (C=O) groups is 6. The van der Waals surface area contributed by atoms with E-state index in [1.54, 1.807) is 82.6 Å². The normalized spacial score (nSPS) is 15.2. The van der Waals surface area contributed by atoms with Crippen LogP contribution in [-0.4, -0.2) is 61.9 Å². The van der Waals surface area contributed by atoms with E-state index in [0.29, 0.717) is 105 Å². The third-order valence-electron chi connectivity index (χ3n) is 13.4. The lowest BCUT2D eigenvalue weighted by molar-refractivity contribution is -0.151. The number of anilines is 4. The maximum Gasteiger partial charge on any atom is 0.306 e. The van der Waals surface area contributed by atoms with Crippen LogP contribution in [0.3, 0.4) is 0 Å². The van der Waals surface area contributed by atoms with Crippen molar-refractivity contribution in [3.63, 3.8) is 0 Å². The number of hydrogen-bond donors (Lipinski definition) is 2. The van der Waals surface area contributed by atoms with E-state index >= 15 is 0 Å². The van der Waals surface area contributed by atoms with Gasteiger partial charge >= 0.3 is 11.9 Å². The second-order valence-corrected chi connectivity index (χ2v) is 19.3. The molecule has 14 heteroatoms. The molecule has 370 valence electrons. The molecule has 6 aromatic carbocycles. The van der Waals surface area contributed by atoms with Crippen LogP contribution in [0.15, 0.2) is 121 Å². The third kappa shape index (κ3) is 11.9. The first-order valence-electron chi connectivity index (χ1n) is 24.1. The number of nitrogens with one attached hydrogen (secondary N) is 2. The summed E-state index contributed by atoms with van der Waals surface area (Å²) in [6.07, 6.45) is 2.10. The van der Waals surface area contributed by atoms with E-state index < -0.39 is 11.9 Å². The number of amides is 4. The Labute approximate surface area is 429 Å². The third-order valence-corrected chi connectivity index (χ3v) is 13.9. The Morgan fingerprint density at radius 3 is 1.29 bits per heavy atom. The summed E-state index contributed by atoms with van der Waals surface area (Å²) in [5, 5.41) is 6.84. The largest absolute Gasteiger partial charge is 0.465 e. The molecule has 0 saturated heterocycles. The molecule has 2 N–H and O–H groups in total. The Hall–Kier alpha value is -7.28. The van der Waals surface area contributed by atoms with Crippen molar-refractivity contribution in [2.75, 3.05) is 46.7 Å². The van der Waals surface area contributed by atoms with Gasteiger partial charge < -0.3 is 29.9 Å². The molecule has 0 radical (unpaired) electrons. The summed E-state index contributed by atoms with van der Waals surface area (Å²) in [7, 11) is 0. The van der Waals surface area contributed by atoms with Crippen molar-refractivity contribution >= 4 is 81.5 Å². The van der Waals surface area contributed by atoms with E-state index in [2.05, 4.69) is 10.6 Å². The highest BCUT2D eigenvalue weighted by atomic mass is 35.5. The van der Waals surface area contributed by atoms with E-state index in [4.69, 9.17) is 32.7 Å². The van der Waals surface area contributed by atoms with Gasteiger partial charge in [0.25, 0.3) is 23.6 Å². The summed E-state index contributed by atoms with van der Waals surface area (Å²) in [5.41, 5.74) is 9.27. The average Bonchev–Trinajstić information content (AvgIpc) is 3.65. The fourth-order valence-electron chi connectivity index (χ4n) is 9.55. The van der Waals surface area contributed by atoms with Crippen molar-refractivity contribution in [3.8, 4) is 0 Å². The first kappa shape index (κ1) is 51.1. The highest BCUT2D eigenvalue weighted by Crippen LogP contribution is 2.39. The number of carbonyl (C=O) groups excluding carboxylic acids is 6. The van der Waals surface area contributed by atoms with Gasteiger partial charge in [-0.3, -0.25) is 28.8 Å². The summed E-state index contributed by atoms with van der Waals surface area (Å²) in [5.74, 6) is -2.52. The molecule has 4 amide bonds. The molecular weight excluding hydrogens is 952 g/mol. The predicted octanol–water partition coefficient (Wildman–Crippen LogP) is 12.3. The zero-order valence-electron chi connectivity index (χ0n) is 40.7. The van der Waals surface area contributed by atoms with Crippen LogP contribution in [0.25, 0.3) is 0 Å². The fourth-order valence-corrected chi connectivity index (χ4v) is 9.91. The molecular formula is C58H56Cl2N4O8. The number of fused-ring (bicyclic) bond motifs is 2. The number of ether oxygens (including phenoxy) is 2. The number of aryl methyl sites for hydroxylation is 4. The van der Waals surface area contributed by atoms with Crippen LogP contribution in [0.4, 0.5) is 22.7 Å². The van der Waals surface area contributed by atoms with Crippen molar-refractivity contribution in [2.45, 2.75) is 78.1 Å². The summed E-state index contributed by atoms with van der Waals surface area (Å²) in [4.78, 5) is 84.2. The van der Waals surface area contributed by atoms with Crippen LogP contribution in [0.2, 0.25) is 10.0 Å². The van der Waals surface area contributed by atoms with Gasteiger partial charge in [-0.25, -0.2) is 0 Å². The van der Waals surface area contributed by atoms with Crippen LogP contribution >= 0.6 is 23.2 Å². The van der Waals surface area contributed by atoms with Crippen LogP contribution in [0, 0.1) is 27.7 Å². The van der Waals surface area contributed by atoms with Crippen molar-refractivity contribution in [1.82, 2.24) is 0 Å². The lowest BCUT2D eigenvalue weighted by Gasteiger charge is -2.25. The smallest absolute Gasteiger partial charge is 0.306 e. The van der Waals surface area contributed by atoms with Gasteiger partial charge in [0.15, 0.2) is 0 Å². The van der Waals surface area contributed by atoms with Crippen molar-refractivity contribution < 1.29 is 38.2 Å². The van der Waals surface area contributed by atoms with E-state index in [-0.39, 0.29) is 61.5 Å². The SMILES string of the molecule is Cc1ccccc1C(=O)Nc1ccc(C(=O)N2CCCC(COC(=O)CCC(=O)OCC3CCCN(C(=O)c4ccc(NC(=O)c5ccccc5C)cc4C)c4ccc(Cl)cc43)c3cc(Cl)ccc32)c(C)c1. The maximum absolute atomic E-state index is 14.2. The number of halogens is 2. The maximum atomic E-state index is 14.2. The molecule has 0 aliphatic carbocycles. The van der Waals surface area contributed by atoms with Crippen LogP contribution < -0.4 is 20.4 Å². The summed E-state index contributed by atoms with van der Waals surface area (Å²) < 4.78 is 11.5. The first-order chi connectivity index (χ1) is 34.6. The number of benzene rings is 6. The molecule has 0 spiro atoms. The Morgan fingerprint density at radius 1 is 0.500 bits per heavy atom. The Morgan fingerprint density at radius 2 is 0.903 bits per heavy atom. The van der Waals surface area contributed by atoms with Gasteiger partial charge in [-0.1, -0.05) is 59.6 Å². The first-order valence-corrected chi connectivity index (χ1v) is 24.9. The van der Waals surface area contributed by atoms with Gasteiger partial charge in [-0.05, 0) is 172 Å². The van der Waals surface area contributed by atoms with Gasteiger partial charge in [0.2, 0.25) is 0 Å². The topological polar surface area (TPSA) is 151 Å². The zero-order chi connectivity index (χ0) is 51.1. The van der Waals surface area contributed by atoms with E-state index in [1.165, 1.54) is 0 Å². The fraction of sp³-hybridized carbons (Fsp3) is 0.276. The number of esters is 2. The summed E-state index contributed by atoms with van der Waals surface area (Å²) >= 11 is 13.0. The summed E-state index contributed by atoms with van der Waals surface area (Å²) in [6.45, 7) is 8.33. The molecule has 0 aromatic heterocycles. The highest BCUT2D eigenvalue weighted by Gasteiger charge is 2.31. The molecule has 2 unspecified atom stereocenters. The van der Waals surface area contributed by atoms with Gasteiger partial charge in [-0.2, -0.15) is 0 Å². The lowest BCUT2D eigenvalue weighted by atomic mass is 9.94. The lowest BCUT2D eigenvalue weighted by Crippen LogP contribution is -2.32. The second kappa shape index (κ2) is 22.9. The molecule has 6 aromatic rings. The quantitative estimate of drug-likeness (QED) is 0.109. The minimum Gasteiger partial charge on any atom is -0.465 e. The molecule has 0 bridgehead atoms. The molecule has 2 atom stereocenters. The van der Waals surface area contributed by atoms with Crippen molar-refractivity contribution in [1.29, 1.82) is 0 Å². The minimum atomic E-state index is -0.560. The average molecular weight is 1010 g/mol. The Bertz CT molecular complexity index is 2880. The van der Waals surface area contributed by atoms with Crippen molar-refractivity contribution in [3.05, 3.63) is 187 Å². The number of nitrogens with zero attached hydrogens (tertiary/aromatic N) is 2. The highest BCUT2D eigenvalue weighted by molar-refractivity contribution is 6.31. The molecule has 8 rings (SSSR count). The molecule has 2 aliphatic heterocycles. The Balaban J connectivity index is 0.852. The van der Waals surface area contributed by atoms with Crippen LogP contribution in [-0.2, 0) is 19.1 Å². The summed E-state index contributed by atoms with van der Waals surface area (Å²) in [6, 6.07) is 35.8. The van der Waals surface area contributed by atoms with E-state index in [0.717, 1.165) is 22.3 Å². The Kier molecular flexibility index (Phi) is 16.2. The zero-order valence-corrected chi connectivity index (χ0v) is 42.2.